The maximum Gasteiger partial charge on any atom is 0.586 e. The van der Waals surface area contributed by atoms with Gasteiger partial charge >= 0.3 is 6.29 Å². The van der Waals surface area contributed by atoms with Gasteiger partial charge in [-0.3, -0.25) is 9.59 Å². The number of halogens is 2. The van der Waals surface area contributed by atoms with E-state index in [4.69, 9.17) is 0 Å². The van der Waals surface area contributed by atoms with E-state index in [2.05, 4.69) is 19.4 Å². The molecule has 1 saturated heterocycles. The average molecular weight is 416 g/mol. The Labute approximate surface area is 170 Å². The first-order valence-corrected chi connectivity index (χ1v) is 9.25. The van der Waals surface area contributed by atoms with Crippen LogP contribution < -0.4 is 9.47 Å². The minimum absolute atomic E-state index is 0.0526. The summed E-state index contributed by atoms with van der Waals surface area (Å²) in [6, 6.07) is 4.29. The molecule has 0 unspecified atom stereocenters. The number of carbonyl (C=O) groups excluding carboxylic acids is 2. The molecule has 0 spiro atoms. The van der Waals surface area contributed by atoms with Gasteiger partial charge in [-0.1, -0.05) is 6.07 Å². The lowest BCUT2D eigenvalue weighted by atomic mass is 10.2. The molecule has 156 valence electrons. The van der Waals surface area contributed by atoms with Crippen molar-refractivity contribution in [3.8, 4) is 11.5 Å². The maximum absolute atomic E-state index is 13.1. The number of alkyl halides is 2. The molecule has 8 nitrogen and oxygen atoms in total. The number of carbonyl (C=O) groups is 2. The van der Waals surface area contributed by atoms with Crippen molar-refractivity contribution in [2.24, 2.45) is 0 Å². The maximum atomic E-state index is 13.1. The highest BCUT2D eigenvalue weighted by Gasteiger charge is 2.43. The van der Waals surface area contributed by atoms with Crippen molar-refractivity contribution in [3.05, 3.63) is 53.6 Å². The van der Waals surface area contributed by atoms with E-state index < -0.39 is 6.29 Å². The van der Waals surface area contributed by atoms with Crippen LogP contribution in [-0.4, -0.2) is 64.1 Å². The summed E-state index contributed by atoms with van der Waals surface area (Å²) in [6.45, 7) is 3.30. The van der Waals surface area contributed by atoms with Crippen LogP contribution in [0.25, 0.3) is 6.08 Å². The second kappa shape index (κ2) is 7.69. The van der Waals surface area contributed by atoms with Gasteiger partial charge in [-0.15, -0.1) is 8.78 Å². The molecule has 3 heterocycles. The van der Waals surface area contributed by atoms with Crippen molar-refractivity contribution in [3.63, 3.8) is 0 Å². The highest BCUT2D eigenvalue weighted by molar-refractivity contribution is 5.94. The van der Waals surface area contributed by atoms with Gasteiger partial charge in [-0.2, -0.15) is 0 Å². The first-order valence-electron chi connectivity index (χ1n) is 9.25. The summed E-state index contributed by atoms with van der Waals surface area (Å²) >= 11 is 0. The van der Waals surface area contributed by atoms with Gasteiger partial charge in [0.05, 0.1) is 5.56 Å². The molecule has 1 aromatic heterocycles. The molecule has 0 N–H and O–H groups in total. The Morgan fingerprint density at radius 2 is 1.67 bits per heavy atom. The van der Waals surface area contributed by atoms with Crippen molar-refractivity contribution >= 4 is 17.9 Å². The Kier molecular flexibility index (Phi) is 5.06. The first-order chi connectivity index (χ1) is 14.3. The molecule has 2 aliphatic rings. The fourth-order valence-corrected chi connectivity index (χ4v) is 3.16. The number of benzene rings is 1. The summed E-state index contributed by atoms with van der Waals surface area (Å²) in [4.78, 5) is 36.3. The summed E-state index contributed by atoms with van der Waals surface area (Å²) in [5.41, 5.74) is 0.935. The normalized spacial score (nSPS) is 17.4. The molecule has 2 amide bonds. The highest BCUT2D eigenvalue weighted by atomic mass is 19.3. The zero-order valence-corrected chi connectivity index (χ0v) is 16.0. The van der Waals surface area contributed by atoms with Crippen molar-refractivity contribution in [1.82, 2.24) is 19.8 Å². The molecule has 1 aromatic carbocycles. The summed E-state index contributed by atoms with van der Waals surface area (Å²) in [7, 11) is 0. The predicted octanol–water partition coefficient (Wildman–Crippen LogP) is 2.10. The average Bonchev–Trinajstić information content (AvgIpc) is 3.05. The summed E-state index contributed by atoms with van der Waals surface area (Å²) < 4.78 is 34.9. The Hall–Kier alpha value is -3.56. The van der Waals surface area contributed by atoms with E-state index >= 15 is 0 Å². The van der Waals surface area contributed by atoms with E-state index in [0.29, 0.717) is 43.1 Å². The molecule has 0 bridgehead atoms. The van der Waals surface area contributed by atoms with Gasteiger partial charge in [0.25, 0.3) is 5.91 Å². The van der Waals surface area contributed by atoms with Gasteiger partial charge in [-0.05, 0) is 30.7 Å². The number of rotatable bonds is 3. The third kappa shape index (κ3) is 4.22. The Bertz CT molecular complexity index is 1000. The van der Waals surface area contributed by atoms with Gasteiger partial charge in [0, 0.05) is 44.6 Å². The Morgan fingerprint density at radius 1 is 1.03 bits per heavy atom. The monoisotopic (exact) mass is 416 g/mol. The van der Waals surface area contributed by atoms with Crippen LogP contribution in [-0.2, 0) is 4.79 Å². The number of amides is 2. The van der Waals surface area contributed by atoms with E-state index in [1.165, 1.54) is 36.7 Å². The minimum atomic E-state index is -3.68. The SMILES string of the molecule is Cc1ncc(C(=O)N2CCN(C(=O)/C=C/c3ccc4c(c3)OC(F)(F)O4)CC2)cn1. The molecule has 10 heteroatoms. The number of hydrogen-bond donors (Lipinski definition) is 0. The van der Waals surface area contributed by atoms with Crippen molar-refractivity contribution in [2.45, 2.75) is 13.2 Å². The Morgan fingerprint density at radius 3 is 2.37 bits per heavy atom. The van der Waals surface area contributed by atoms with E-state index in [1.54, 1.807) is 22.8 Å². The fourth-order valence-electron chi connectivity index (χ4n) is 3.16. The molecule has 2 aromatic rings. The molecule has 30 heavy (non-hydrogen) atoms. The third-order valence-electron chi connectivity index (χ3n) is 4.75. The number of fused-ring (bicyclic) bond motifs is 1. The number of piperazine rings is 1. The molecule has 2 aliphatic heterocycles. The van der Waals surface area contributed by atoms with Crippen molar-refractivity contribution < 1.29 is 27.8 Å². The van der Waals surface area contributed by atoms with Gasteiger partial charge < -0.3 is 19.3 Å². The lowest BCUT2D eigenvalue weighted by Crippen LogP contribution is -2.50. The zero-order valence-electron chi connectivity index (χ0n) is 16.0. The number of ether oxygens (including phenoxy) is 2. The fraction of sp³-hybridized carbons (Fsp3) is 0.300. The number of nitrogens with zero attached hydrogens (tertiary/aromatic N) is 4. The molecule has 0 atom stereocenters. The van der Waals surface area contributed by atoms with Gasteiger partial charge in [-0.25, -0.2) is 9.97 Å². The van der Waals surface area contributed by atoms with Crippen LogP contribution in [0.5, 0.6) is 11.5 Å². The smallest absolute Gasteiger partial charge is 0.395 e. The second-order valence-electron chi connectivity index (χ2n) is 6.84. The molecular weight excluding hydrogens is 398 g/mol. The summed E-state index contributed by atoms with van der Waals surface area (Å²) in [5, 5.41) is 0. The third-order valence-corrected chi connectivity index (χ3v) is 4.75. The Balaban J connectivity index is 1.33. The van der Waals surface area contributed by atoms with Crippen molar-refractivity contribution in [1.29, 1.82) is 0 Å². The second-order valence-corrected chi connectivity index (χ2v) is 6.84. The van der Waals surface area contributed by atoms with Gasteiger partial charge in [0.2, 0.25) is 5.91 Å². The lowest BCUT2D eigenvalue weighted by Gasteiger charge is -2.34. The van der Waals surface area contributed by atoms with Crippen LogP contribution in [0.1, 0.15) is 21.7 Å². The minimum Gasteiger partial charge on any atom is -0.395 e. The van der Waals surface area contributed by atoms with E-state index in [1.807, 2.05) is 0 Å². The van der Waals surface area contributed by atoms with Crippen LogP contribution in [0, 0.1) is 6.92 Å². The number of hydrogen-bond acceptors (Lipinski definition) is 6. The molecule has 4 rings (SSSR count). The summed E-state index contributed by atoms with van der Waals surface area (Å²) in [5.74, 6) is 0.0496. The van der Waals surface area contributed by atoms with Crippen LogP contribution in [0.15, 0.2) is 36.7 Å². The number of aromatic nitrogens is 2. The van der Waals surface area contributed by atoms with Crippen LogP contribution in [0.2, 0.25) is 0 Å². The van der Waals surface area contributed by atoms with Crippen LogP contribution in [0.3, 0.4) is 0 Å². The topological polar surface area (TPSA) is 84.9 Å². The van der Waals surface area contributed by atoms with Crippen LogP contribution >= 0.6 is 0 Å². The summed E-state index contributed by atoms with van der Waals surface area (Å²) in [6.07, 6.45) is 2.19. The van der Waals surface area contributed by atoms with Crippen LogP contribution in [0.4, 0.5) is 8.78 Å². The largest absolute Gasteiger partial charge is 0.586 e. The predicted molar refractivity (Wildman–Crippen MR) is 101 cm³/mol. The quantitative estimate of drug-likeness (QED) is 0.713. The van der Waals surface area contributed by atoms with E-state index in [9.17, 15) is 18.4 Å². The highest BCUT2D eigenvalue weighted by Crippen LogP contribution is 2.41. The standard InChI is InChI=1S/C20H18F2N4O4/c1-13-23-11-15(12-24-13)19(28)26-8-6-25(7-9-26)18(27)5-3-14-2-4-16-17(10-14)30-20(21,22)29-16/h2-5,10-12H,6-9H2,1H3/b5-3+. The molecule has 1 fully saturated rings. The zero-order chi connectivity index (χ0) is 21.3. The molecular formula is C20H18F2N4O4. The van der Waals surface area contributed by atoms with E-state index in [0.717, 1.165) is 0 Å². The lowest BCUT2D eigenvalue weighted by molar-refractivity contribution is -0.286. The molecule has 0 saturated carbocycles. The molecule has 0 radical (unpaired) electrons. The number of aryl methyl sites for hydroxylation is 1. The van der Waals surface area contributed by atoms with E-state index in [-0.39, 0.29) is 23.3 Å². The van der Waals surface area contributed by atoms with Gasteiger partial charge in [0.15, 0.2) is 11.5 Å². The van der Waals surface area contributed by atoms with Gasteiger partial charge in [0.1, 0.15) is 5.82 Å². The molecule has 0 aliphatic carbocycles. The van der Waals surface area contributed by atoms with Crippen molar-refractivity contribution in [2.75, 3.05) is 26.2 Å². The first kappa shape index (κ1) is 19.7.